The van der Waals surface area contributed by atoms with Crippen molar-refractivity contribution >= 4 is 28.5 Å². The van der Waals surface area contributed by atoms with Crippen LogP contribution in [0, 0.1) is 13.8 Å². The van der Waals surface area contributed by atoms with Gasteiger partial charge in [-0.25, -0.2) is 9.78 Å². The Hall–Kier alpha value is -4.19. The van der Waals surface area contributed by atoms with Crippen LogP contribution >= 0.6 is 0 Å². The van der Waals surface area contributed by atoms with Crippen molar-refractivity contribution in [3.63, 3.8) is 0 Å². The number of rotatable bonds is 6. The number of hydrogen-bond donors (Lipinski definition) is 1. The van der Waals surface area contributed by atoms with Crippen LogP contribution in [0.2, 0.25) is 0 Å². The van der Waals surface area contributed by atoms with Gasteiger partial charge in [0.2, 0.25) is 0 Å². The first-order chi connectivity index (χ1) is 16.0. The highest BCUT2D eigenvalue weighted by Crippen LogP contribution is 2.30. The first-order valence-corrected chi connectivity index (χ1v) is 10.5. The zero-order chi connectivity index (χ0) is 23.4. The van der Waals surface area contributed by atoms with Crippen LogP contribution in [-0.2, 0) is 9.53 Å². The third-order valence-corrected chi connectivity index (χ3v) is 5.38. The summed E-state index contributed by atoms with van der Waals surface area (Å²) in [5.41, 5.74) is 5.05. The maximum atomic E-state index is 13.1. The smallest absolute Gasteiger partial charge is 0.339 e. The fourth-order valence-corrected chi connectivity index (χ4v) is 3.70. The molecule has 33 heavy (non-hydrogen) atoms. The molecule has 6 heteroatoms. The van der Waals surface area contributed by atoms with Gasteiger partial charge in [-0.15, -0.1) is 0 Å². The maximum absolute atomic E-state index is 13.1. The monoisotopic (exact) mass is 440 g/mol. The summed E-state index contributed by atoms with van der Waals surface area (Å²) in [6.07, 6.45) is 0. The van der Waals surface area contributed by atoms with Crippen molar-refractivity contribution in [1.29, 1.82) is 0 Å². The van der Waals surface area contributed by atoms with Gasteiger partial charge in [-0.3, -0.25) is 4.79 Å². The molecule has 1 heterocycles. The van der Waals surface area contributed by atoms with Gasteiger partial charge in [-0.1, -0.05) is 60.2 Å². The molecule has 6 nitrogen and oxygen atoms in total. The van der Waals surface area contributed by atoms with Gasteiger partial charge in [0, 0.05) is 10.9 Å². The summed E-state index contributed by atoms with van der Waals surface area (Å²) in [4.78, 5) is 30.4. The van der Waals surface area contributed by atoms with Crippen molar-refractivity contribution in [1.82, 2.24) is 4.98 Å². The van der Waals surface area contributed by atoms with Crippen molar-refractivity contribution in [2.24, 2.45) is 0 Å². The third-order valence-electron chi connectivity index (χ3n) is 5.38. The molecule has 0 radical (unpaired) electrons. The molecule has 166 valence electrons. The van der Waals surface area contributed by atoms with E-state index in [0.29, 0.717) is 39.2 Å². The first kappa shape index (κ1) is 22.0. The van der Waals surface area contributed by atoms with Crippen molar-refractivity contribution in [3.8, 4) is 17.0 Å². The molecule has 0 aliphatic carbocycles. The highest BCUT2D eigenvalue weighted by atomic mass is 16.5. The Bertz CT molecular complexity index is 1330. The Labute approximate surface area is 192 Å². The van der Waals surface area contributed by atoms with E-state index in [9.17, 15) is 9.59 Å². The number of aryl methyl sites for hydroxylation is 1. The number of nitrogens with zero attached hydrogens (tertiary/aromatic N) is 1. The lowest BCUT2D eigenvalue weighted by molar-refractivity contribution is -0.119. The number of carbonyl (C=O) groups excluding carboxylic acids is 2. The van der Waals surface area contributed by atoms with Gasteiger partial charge in [-0.2, -0.15) is 0 Å². The molecule has 1 N–H and O–H groups in total. The second-order valence-corrected chi connectivity index (χ2v) is 7.67. The number of fused-ring (bicyclic) bond motifs is 1. The van der Waals surface area contributed by atoms with E-state index >= 15 is 0 Å². The predicted molar refractivity (Wildman–Crippen MR) is 129 cm³/mol. The number of pyridine rings is 1. The SMILES string of the molecule is COc1ccccc1NC(=O)COC(=O)c1c(C)c(-c2ccc(C)cc2)nc2ccccc12. The lowest BCUT2D eigenvalue weighted by Crippen LogP contribution is -2.22. The van der Waals surface area contributed by atoms with Gasteiger partial charge < -0.3 is 14.8 Å². The molecule has 3 aromatic carbocycles. The highest BCUT2D eigenvalue weighted by Gasteiger charge is 2.21. The quantitative estimate of drug-likeness (QED) is 0.411. The van der Waals surface area contributed by atoms with E-state index < -0.39 is 18.5 Å². The van der Waals surface area contributed by atoms with Crippen LogP contribution < -0.4 is 10.1 Å². The van der Waals surface area contributed by atoms with E-state index in [2.05, 4.69) is 5.32 Å². The fraction of sp³-hybridized carbons (Fsp3) is 0.148. The highest BCUT2D eigenvalue weighted by molar-refractivity contribution is 6.07. The lowest BCUT2D eigenvalue weighted by atomic mass is 9.97. The number of nitrogens with one attached hydrogen (secondary N) is 1. The van der Waals surface area contributed by atoms with E-state index in [1.54, 1.807) is 24.3 Å². The zero-order valence-corrected chi connectivity index (χ0v) is 18.7. The van der Waals surface area contributed by atoms with E-state index in [0.717, 1.165) is 11.1 Å². The number of benzene rings is 3. The molecule has 0 spiro atoms. The molecular weight excluding hydrogens is 416 g/mol. The molecule has 0 aliphatic heterocycles. The van der Waals surface area contributed by atoms with Gasteiger partial charge in [0.25, 0.3) is 5.91 Å². The molecule has 4 aromatic rings. The Kier molecular flexibility index (Phi) is 6.36. The number of aromatic nitrogens is 1. The number of hydrogen-bond acceptors (Lipinski definition) is 5. The van der Waals surface area contributed by atoms with Crippen molar-refractivity contribution in [2.75, 3.05) is 19.0 Å². The summed E-state index contributed by atoms with van der Waals surface area (Å²) < 4.78 is 10.7. The van der Waals surface area contributed by atoms with Crippen LogP contribution in [-0.4, -0.2) is 30.6 Å². The Balaban J connectivity index is 1.61. The summed E-state index contributed by atoms with van der Waals surface area (Å²) in [5.74, 6) is -0.506. The van der Waals surface area contributed by atoms with Gasteiger partial charge in [-0.05, 0) is 37.6 Å². The zero-order valence-electron chi connectivity index (χ0n) is 18.7. The lowest BCUT2D eigenvalue weighted by Gasteiger charge is -2.15. The van der Waals surface area contributed by atoms with Crippen LogP contribution in [0.5, 0.6) is 5.75 Å². The average Bonchev–Trinajstić information content (AvgIpc) is 2.83. The predicted octanol–water partition coefficient (Wildman–Crippen LogP) is 5.32. The number of methoxy groups -OCH3 is 1. The largest absolute Gasteiger partial charge is 0.495 e. The molecule has 0 unspecified atom stereocenters. The third kappa shape index (κ3) is 4.70. The Morgan fingerprint density at radius 1 is 0.909 bits per heavy atom. The number of amides is 1. The molecule has 1 amide bonds. The number of esters is 1. The Morgan fingerprint density at radius 2 is 1.61 bits per heavy atom. The molecule has 0 fully saturated rings. The topological polar surface area (TPSA) is 77.5 Å². The fourth-order valence-electron chi connectivity index (χ4n) is 3.70. The molecule has 0 bridgehead atoms. The second kappa shape index (κ2) is 9.53. The van der Waals surface area contributed by atoms with Gasteiger partial charge in [0.05, 0.1) is 29.6 Å². The molecule has 0 atom stereocenters. The molecule has 0 aliphatic rings. The maximum Gasteiger partial charge on any atom is 0.339 e. The van der Waals surface area contributed by atoms with E-state index in [4.69, 9.17) is 14.5 Å². The van der Waals surface area contributed by atoms with Gasteiger partial charge in [0.1, 0.15) is 5.75 Å². The van der Waals surface area contributed by atoms with Crippen LogP contribution in [0.15, 0.2) is 72.8 Å². The van der Waals surface area contributed by atoms with Crippen LogP contribution in [0.25, 0.3) is 22.2 Å². The van der Waals surface area contributed by atoms with Gasteiger partial charge in [0.15, 0.2) is 6.61 Å². The van der Waals surface area contributed by atoms with Crippen LogP contribution in [0.3, 0.4) is 0 Å². The van der Waals surface area contributed by atoms with Crippen molar-refractivity contribution < 1.29 is 19.1 Å². The van der Waals surface area contributed by atoms with E-state index in [1.165, 1.54) is 7.11 Å². The average molecular weight is 440 g/mol. The molecule has 0 saturated heterocycles. The van der Waals surface area contributed by atoms with Crippen LogP contribution in [0.1, 0.15) is 21.5 Å². The van der Waals surface area contributed by atoms with Crippen molar-refractivity contribution in [3.05, 3.63) is 89.5 Å². The summed E-state index contributed by atoms with van der Waals surface area (Å²) in [7, 11) is 1.52. The summed E-state index contributed by atoms with van der Waals surface area (Å²) in [5, 5.41) is 3.39. The van der Waals surface area contributed by atoms with Crippen LogP contribution in [0.4, 0.5) is 5.69 Å². The number of para-hydroxylation sites is 3. The number of carbonyl (C=O) groups is 2. The second-order valence-electron chi connectivity index (χ2n) is 7.67. The molecular formula is C27H24N2O4. The minimum absolute atomic E-state index is 0.404. The number of anilines is 1. The summed E-state index contributed by atoms with van der Waals surface area (Å²) in [6, 6.07) is 22.4. The summed E-state index contributed by atoms with van der Waals surface area (Å²) >= 11 is 0. The normalized spacial score (nSPS) is 10.6. The minimum Gasteiger partial charge on any atom is -0.495 e. The van der Waals surface area contributed by atoms with E-state index in [-0.39, 0.29) is 0 Å². The van der Waals surface area contributed by atoms with Gasteiger partial charge >= 0.3 is 5.97 Å². The summed E-state index contributed by atoms with van der Waals surface area (Å²) in [6.45, 7) is 3.44. The standard InChI is InChI=1S/C27H24N2O4/c1-17-12-14-19(15-13-17)26-18(2)25(20-8-4-5-9-21(20)29-26)27(31)33-16-24(30)28-22-10-6-7-11-23(22)32-3/h4-15H,16H2,1-3H3,(H,28,30). The molecule has 4 rings (SSSR count). The van der Waals surface area contributed by atoms with Crippen molar-refractivity contribution in [2.45, 2.75) is 13.8 Å². The Morgan fingerprint density at radius 3 is 2.36 bits per heavy atom. The molecule has 1 aromatic heterocycles. The number of ether oxygens (including phenoxy) is 2. The molecule has 0 saturated carbocycles. The van der Waals surface area contributed by atoms with E-state index in [1.807, 2.05) is 62.4 Å². The minimum atomic E-state index is -0.574. The first-order valence-electron chi connectivity index (χ1n) is 10.5.